The van der Waals surface area contributed by atoms with Crippen molar-refractivity contribution in [3.8, 4) is 0 Å². The van der Waals surface area contributed by atoms with Gasteiger partial charge in [-0.15, -0.1) is 0 Å². The van der Waals surface area contributed by atoms with Crippen molar-refractivity contribution >= 4 is 0 Å². The number of pyridine rings is 2. The molecule has 0 aliphatic rings. The molecule has 0 saturated heterocycles. The summed E-state index contributed by atoms with van der Waals surface area (Å²) in [7, 11) is 0. The van der Waals surface area contributed by atoms with Crippen molar-refractivity contribution in [2.45, 2.75) is 25.9 Å². The second-order valence-electron chi connectivity index (χ2n) is 5.45. The fourth-order valence-electron chi connectivity index (χ4n) is 2.24. The molecule has 0 fully saturated rings. The molecule has 0 unspecified atom stereocenters. The zero-order valence-electron chi connectivity index (χ0n) is 14.0. The van der Waals surface area contributed by atoms with Crippen molar-refractivity contribution in [3.63, 3.8) is 0 Å². The molecular weight excluding hydrogens is 345 g/mol. The summed E-state index contributed by atoms with van der Waals surface area (Å²) in [5, 5.41) is 10.3. The van der Waals surface area contributed by atoms with E-state index in [2.05, 4.69) is 25.9 Å². The van der Waals surface area contributed by atoms with Gasteiger partial charge in [-0.3, -0.25) is 9.97 Å². The van der Waals surface area contributed by atoms with Crippen LogP contribution in [0.5, 0.6) is 0 Å². The molecule has 0 bridgehead atoms. The van der Waals surface area contributed by atoms with Gasteiger partial charge in [0.15, 0.2) is 0 Å². The summed E-state index contributed by atoms with van der Waals surface area (Å²) < 4.78 is 0. The van der Waals surface area contributed by atoms with Crippen LogP contribution in [0.25, 0.3) is 0 Å². The van der Waals surface area contributed by atoms with E-state index in [1.807, 2.05) is 48.8 Å². The summed E-state index contributed by atoms with van der Waals surface area (Å²) in [4.78, 5) is 8.57. The largest absolute Gasteiger partial charge is 0.317 e. The van der Waals surface area contributed by atoms with Gasteiger partial charge in [0.2, 0.25) is 0 Å². The van der Waals surface area contributed by atoms with E-state index < -0.39 is 0 Å². The number of aromatic nitrogens is 2. The van der Waals surface area contributed by atoms with Gasteiger partial charge >= 0.3 is 0 Å². The Kier molecular flexibility index (Phi) is 12.1. The molecule has 5 nitrogen and oxygen atoms in total. The quantitative estimate of drug-likeness (QED) is 0.496. The molecule has 0 saturated carbocycles. The van der Waals surface area contributed by atoms with Crippen molar-refractivity contribution < 1.29 is 16.8 Å². The van der Waals surface area contributed by atoms with Gasteiger partial charge in [0.1, 0.15) is 0 Å². The number of hydrogen-bond acceptors (Lipinski definition) is 5. The second kappa shape index (κ2) is 14.1. The maximum Gasteiger partial charge on any atom is 0.0541 e. The molecule has 0 spiro atoms. The van der Waals surface area contributed by atoms with Gasteiger partial charge in [0.05, 0.1) is 11.4 Å². The third-order valence-electron chi connectivity index (χ3n) is 3.48. The van der Waals surface area contributed by atoms with Gasteiger partial charge in [0.25, 0.3) is 0 Å². The third-order valence-corrected chi connectivity index (χ3v) is 3.48. The van der Waals surface area contributed by atoms with Crippen LogP contribution in [0, 0.1) is 0 Å². The Morgan fingerprint density at radius 3 is 1.50 bits per heavy atom. The van der Waals surface area contributed by atoms with E-state index in [-0.39, 0.29) is 16.8 Å². The Hall–Kier alpha value is -1.31. The van der Waals surface area contributed by atoms with Gasteiger partial charge in [-0.2, -0.15) is 0 Å². The summed E-state index contributed by atoms with van der Waals surface area (Å²) in [6, 6.07) is 12.0. The summed E-state index contributed by atoms with van der Waals surface area (Å²) in [6.45, 7) is 5.82. The molecular formula is C18H27CoN5. The van der Waals surface area contributed by atoms with Gasteiger partial charge < -0.3 is 16.0 Å². The molecule has 0 aliphatic heterocycles. The Balaban J connectivity index is 0.00000288. The Labute approximate surface area is 155 Å². The van der Waals surface area contributed by atoms with Gasteiger partial charge in [-0.1, -0.05) is 12.1 Å². The van der Waals surface area contributed by atoms with Crippen molar-refractivity contribution in [1.29, 1.82) is 0 Å². The van der Waals surface area contributed by atoms with Gasteiger partial charge in [-0.05, 0) is 63.3 Å². The molecule has 24 heavy (non-hydrogen) atoms. The predicted octanol–water partition coefficient (Wildman–Crippen LogP) is 1.72. The van der Waals surface area contributed by atoms with Crippen molar-refractivity contribution in [1.82, 2.24) is 25.9 Å². The van der Waals surface area contributed by atoms with E-state index in [4.69, 9.17) is 0 Å². The fraction of sp³-hybridized carbons (Fsp3) is 0.444. The molecule has 0 amide bonds. The van der Waals surface area contributed by atoms with Crippen LogP contribution in [-0.2, 0) is 29.9 Å². The van der Waals surface area contributed by atoms with Crippen LogP contribution in [0.2, 0.25) is 0 Å². The topological polar surface area (TPSA) is 61.9 Å². The number of rotatable bonds is 12. The molecule has 0 aromatic carbocycles. The number of nitrogens with one attached hydrogen (secondary N) is 3. The summed E-state index contributed by atoms with van der Waals surface area (Å²) in [6.07, 6.45) is 5.93. The first kappa shape index (κ1) is 20.7. The van der Waals surface area contributed by atoms with Crippen LogP contribution < -0.4 is 16.0 Å². The van der Waals surface area contributed by atoms with Crippen LogP contribution in [0.3, 0.4) is 0 Å². The molecule has 2 aromatic rings. The molecule has 2 aromatic heterocycles. The number of hydrogen-bond donors (Lipinski definition) is 3. The van der Waals surface area contributed by atoms with Crippen LogP contribution in [0.15, 0.2) is 48.8 Å². The standard InChI is InChI=1S/C18H27N5.Co/c1-3-13-22-17(7-1)15-20-11-5-9-19-10-6-12-21-16-18-8-2-4-14-23-18;/h1-4,7-8,13-14,19-21H,5-6,9-12,15-16H2;. The Morgan fingerprint density at radius 1 is 0.625 bits per heavy atom. The van der Waals surface area contributed by atoms with Crippen LogP contribution in [0.4, 0.5) is 0 Å². The monoisotopic (exact) mass is 372 g/mol. The van der Waals surface area contributed by atoms with E-state index in [1.165, 1.54) is 0 Å². The minimum absolute atomic E-state index is 0. The number of nitrogens with zero attached hydrogens (tertiary/aromatic N) is 2. The van der Waals surface area contributed by atoms with Crippen LogP contribution in [-0.4, -0.2) is 36.1 Å². The van der Waals surface area contributed by atoms with Gasteiger partial charge in [-0.25, -0.2) is 0 Å². The maximum absolute atomic E-state index is 4.29. The molecule has 0 aliphatic carbocycles. The van der Waals surface area contributed by atoms with E-state index in [0.717, 1.165) is 63.5 Å². The second-order valence-corrected chi connectivity index (χ2v) is 5.45. The van der Waals surface area contributed by atoms with Crippen molar-refractivity contribution in [3.05, 3.63) is 60.2 Å². The van der Waals surface area contributed by atoms with E-state index >= 15 is 0 Å². The van der Waals surface area contributed by atoms with Crippen molar-refractivity contribution in [2.24, 2.45) is 0 Å². The Bertz CT molecular complexity index is 462. The SMILES string of the molecule is [Co].c1ccc(CNCCCNCCCNCc2ccccn2)nc1. The van der Waals surface area contributed by atoms with Crippen LogP contribution in [0.1, 0.15) is 24.2 Å². The molecule has 3 N–H and O–H groups in total. The molecule has 6 heteroatoms. The average molecular weight is 372 g/mol. The molecule has 1 radical (unpaired) electrons. The average Bonchev–Trinajstić information content (AvgIpc) is 2.61. The normalized spacial score (nSPS) is 10.3. The predicted molar refractivity (Wildman–Crippen MR) is 94.0 cm³/mol. The first-order valence-corrected chi connectivity index (χ1v) is 8.37. The minimum atomic E-state index is 0. The smallest absolute Gasteiger partial charge is 0.0541 e. The van der Waals surface area contributed by atoms with E-state index in [9.17, 15) is 0 Å². The molecule has 2 heterocycles. The fourth-order valence-corrected chi connectivity index (χ4v) is 2.24. The zero-order chi connectivity index (χ0) is 16.0. The molecule has 0 atom stereocenters. The first-order chi connectivity index (χ1) is 11.4. The van der Waals surface area contributed by atoms with Crippen molar-refractivity contribution in [2.75, 3.05) is 26.2 Å². The summed E-state index contributed by atoms with van der Waals surface area (Å²) in [5.41, 5.74) is 2.19. The maximum atomic E-state index is 4.29. The molecule has 133 valence electrons. The third kappa shape index (κ3) is 9.74. The zero-order valence-corrected chi connectivity index (χ0v) is 15.0. The minimum Gasteiger partial charge on any atom is -0.317 e. The Morgan fingerprint density at radius 2 is 1.08 bits per heavy atom. The van der Waals surface area contributed by atoms with Gasteiger partial charge in [0, 0.05) is 42.3 Å². The summed E-state index contributed by atoms with van der Waals surface area (Å²) in [5.74, 6) is 0. The first-order valence-electron chi connectivity index (χ1n) is 8.37. The summed E-state index contributed by atoms with van der Waals surface area (Å²) >= 11 is 0. The van der Waals surface area contributed by atoms with E-state index in [1.54, 1.807) is 0 Å². The molecule has 2 rings (SSSR count). The van der Waals surface area contributed by atoms with E-state index in [0.29, 0.717) is 0 Å². The van der Waals surface area contributed by atoms with Crippen LogP contribution >= 0.6 is 0 Å².